The molecule has 0 saturated heterocycles. The highest BCUT2D eigenvalue weighted by atomic mass is 16.6. The second-order valence-corrected chi connectivity index (χ2v) is 19.9. The molecule has 0 aromatic rings. The summed E-state index contributed by atoms with van der Waals surface area (Å²) in [5.74, 6) is -0.893. The molecule has 400 valence electrons. The largest absolute Gasteiger partial charge is 0.462 e. The fourth-order valence-electron chi connectivity index (χ4n) is 8.47. The first-order valence-corrected chi connectivity index (χ1v) is 29.8. The van der Waals surface area contributed by atoms with Crippen LogP contribution in [0.2, 0.25) is 0 Å². The molecule has 0 bridgehead atoms. The lowest BCUT2D eigenvalue weighted by Gasteiger charge is -2.18. The zero-order chi connectivity index (χ0) is 50.0. The van der Waals surface area contributed by atoms with Gasteiger partial charge in [0.1, 0.15) is 13.2 Å². The van der Waals surface area contributed by atoms with E-state index in [1.54, 1.807) is 0 Å². The second-order valence-electron chi connectivity index (χ2n) is 19.9. The summed E-state index contributed by atoms with van der Waals surface area (Å²) in [5, 5.41) is 0. The van der Waals surface area contributed by atoms with Crippen molar-refractivity contribution in [2.24, 2.45) is 0 Å². The van der Waals surface area contributed by atoms with Crippen LogP contribution in [-0.2, 0) is 28.6 Å². The van der Waals surface area contributed by atoms with E-state index in [0.29, 0.717) is 19.3 Å². The topological polar surface area (TPSA) is 78.9 Å². The first-order valence-electron chi connectivity index (χ1n) is 29.8. The lowest BCUT2D eigenvalue weighted by atomic mass is 10.0. The Morgan fingerprint density at radius 1 is 0.290 bits per heavy atom. The van der Waals surface area contributed by atoms with Crippen molar-refractivity contribution in [3.05, 3.63) is 60.8 Å². The molecule has 0 heterocycles. The van der Waals surface area contributed by atoms with Crippen LogP contribution < -0.4 is 0 Å². The SMILES string of the molecule is CCCC/C=C\C/C=C\CCCCCCCC(=O)OC(COC(=O)CCCCCCCC)COC(=O)CCCCCCCCCCCCCCCCCC/C=C\C/C=C\C/C=C\CCCCCCC. The van der Waals surface area contributed by atoms with Crippen molar-refractivity contribution in [3.8, 4) is 0 Å². The van der Waals surface area contributed by atoms with E-state index in [-0.39, 0.29) is 31.1 Å². The Morgan fingerprint density at radius 3 is 0.855 bits per heavy atom. The van der Waals surface area contributed by atoms with Crippen molar-refractivity contribution in [1.82, 2.24) is 0 Å². The van der Waals surface area contributed by atoms with Crippen LogP contribution in [0.25, 0.3) is 0 Å². The van der Waals surface area contributed by atoms with Gasteiger partial charge in [0.25, 0.3) is 0 Å². The van der Waals surface area contributed by atoms with Gasteiger partial charge in [0.2, 0.25) is 0 Å². The summed E-state index contributed by atoms with van der Waals surface area (Å²) in [6.07, 6.45) is 72.6. The monoisotopic (exact) mass is 965 g/mol. The van der Waals surface area contributed by atoms with Gasteiger partial charge in [0.15, 0.2) is 6.10 Å². The van der Waals surface area contributed by atoms with E-state index in [0.717, 1.165) is 96.3 Å². The summed E-state index contributed by atoms with van der Waals surface area (Å²) in [6, 6.07) is 0. The molecule has 6 nitrogen and oxygen atoms in total. The molecule has 0 spiro atoms. The van der Waals surface area contributed by atoms with Gasteiger partial charge in [-0.1, -0.05) is 261 Å². The molecule has 0 N–H and O–H groups in total. The Kier molecular flexibility index (Phi) is 55.3. The first-order chi connectivity index (χ1) is 34.0. The normalized spacial score (nSPS) is 12.4. The lowest BCUT2D eigenvalue weighted by Crippen LogP contribution is -2.30. The number of esters is 3. The predicted octanol–water partition coefficient (Wildman–Crippen LogP) is 20.0. The Hall–Kier alpha value is -2.89. The second kappa shape index (κ2) is 57.7. The Morgan fingerprint density at radius 2 is 0.536 bits per heavy atom. The molecule has 6 heteroatoms. The molecule has 0 fully saturated rings. The number of unbranched alkanes of at least 4 members (excludes halogenated alkanes) is 33. The smallest absolute Gasteiger partial charge is 0.306 e. The third kappa shape index (κ3) is 55.9. The van der Waals surface area contributed by atoms with Gasteiger partial charge in [-0.3, -0.25) is 14.4 Å². The molecule has 0 amide bonds. The third-order valence-electron chi connectivity index (χ3n) is 13.0. The highest BCUT2D eigenvalue weighted by molar-refractivity contribution is 5.71. The van der Waals surface area contributed by atoms with Gasteiger partial charge in [-0.2, -0.15) is 0 Å². The molecule has 0 radical (unpaired) electrons. The van der Waals surface area contributed by atoms with Crippen LogP contribution in [-0.4, -0.2) is 37.2 Å². The molecule has 0 saturated carbocycles. The first kappa shape index (κ1) is 66.1. The molecule has 1 unspecified atom stereocenters. The van der Waals surface area contributed by atoms with Gasteiger partial charge in [0, 0.05) is 19.3 Å². The summed E-state index contributed by atoms with van der Waals surface area (Å²) in [6.45, 7) is 6.53. The van der Waals surface area contributed by atoms with E-state index in [2.05, 4.69) is 81.5 Å². The molecular weight excluding hydrogens is 853 g/mol. The van der Waals surface area contributed by atoms with Crippen LogP contribution in [0.15, 0.2) is 60.8 Å². The maximum Gasteiger partial charge on any atom is 0.306 e. The highest BCUT2D eigenvalue weighted by Gasteiger charge is 2.19. The molecule has 1 atom stereocenters. The molecular formula is C63H112O6. The van der Waals surface area contributed by atoms with Crippen LogP contribution in [0, 0.1) is 0 Å². The maximum absolute atomic E-state index is 12.8. The molecule has 0 rings (SSSR count). The summed E-state index contributed by atoms with van der Waals surface area (Å²) in [7, 11) is 0. The number of ether oxygens (including phenoxy) is 3. The van der Waals surface area contributed by atoms with Crippen molar-refractivity contribution >= 4 is 17.9 Å². The van der Waals surface area contributed by atoms with Crippen molar-refractivity contribution in [2.45, 2.75) is 309 Å². The van der Waals surface area contributed by atoms with E-state index >= 15 is 0 Å². The number of hydrogen-bond acceptors (Lipinski definition) is 6. The van der Waals surface area contributed by atoms with Gasteiger partial charge in [-0.25, -0.2) is 0 Å². The van der Waals surface area contributed by atoms with Crippen molar-refractivity contribution < 1.29 is 28.6 Å². The fourth-order valence-corrected chi connectivity index (χ4v) is 8.47. The summed E-state index contributed by atoms with van der Waals surface area (Å²) in [5.41, 5.74) is 0. The minimum atomic E-state index is -0.776. The predicted molar refractivity (Wildman–Crippen MR) is 298 cm³/mol. The maximum atomic E-state index is 12.8. The van der Waals surface area contributed by atoms with Gasteiger partial charge in [0.05, 0.1) is 0 Å². The minimum absolute atomic E-state index is 0.0776. The molecule has 0 aromatic heterocycles. The highest BCUT2D eigenvalue weighted by Crippen LogP contribution is 2.16. The third-order valence-corrected chi connectivity index (χ3v) is 13.0. The average Bonchev–Trinajstić information content (AvgIpc) is 3.35. The van der Waals surface area contributed by atoms with Crippen LogP contribution in [0.4, 0.5) is 0 Å². The average molecular weight is 966 g/mol. The van der Waals surface area contributed by atoms with Crippen LogP contribution in [0.1, 0.15) is 303 Å². The summed E-state index contributed by atoms with van der Waals surface area (Å²) < 4.78 is 16.7. The van der Waals surface area contributed by atoms with Gasteiger partial charge < -0.3 is 14.2 Å². The Labute approximate surface area is 428 Å². The number of rotatable bonds is 54. The number of allylic oxidation sites excluding steroid dienone is 10. The van der Waals surface area contributed by atoms with Crippen LogP contribution in [0.5, 0.6) is 0 Å². The number of carbonyl (C=O) groups excluding carboxylic acids is 3. The zero-order valence-electron chi connectivity index (χ0n) is 45.8. The zero-order valence-corrected chi connectivity index (χ0v) is 45.8. The minimum Gasteiger partial charge on any atom is -0.462 e. The Balaban J connectivity index is 3.99. The van der Waals surface area contributed by atoms with Crippen molar-refractivity contribution in [3.63, 3.8) is 0 Å². The van der Waals surface area contributed by atoms with Crippen molar-refractivity contribution in [1.29, 1.82) is 0 Å². The molecule has 0 aliphatic rings. The standard InChI is InChI=1S/C63H112O6/c1-4-7-10-13-16-18-20-22-24-25-26-27-28-29-30-31-32-33-34-35-36-37-38-39-40-42-43-45-47-50-53-56-62(65)68-59-60(58-67-61(64)55-52-49-15-12-9-6-3)69-63(66)57-54-51-48-46-44-41-23-21-19-17-14-11-8-5-2/h14,17,20-23,25-26,28-29,60H,4-13,15-16,18-19,24,27,30-59H2,1-3H3/b17-14-,22-20-,23-21-,26-25-,29-28-. The fraction of sp³-hybridized carbons (Fsp3) is 0.794. The van der Waals surface area contributed by atoms with Gasteiger partial charge in [-0.15, -0.1) is 0 Å². The quantitative estimate of drug-likeness (QED) is 0.0262. The lowest BCUT2D eigenvalue weighted by molar-refractivity contribution is -0.167. The summed E-state index contributed by atoms with van der Waals surface area (Å²) in [4.78, 5) is 37.8. The number of hydrogen-bond donors (Lipinski definition) is 0. The van der Waals surface area contributed by atoms with Crippen LogP contribution in [0.3, 0.4) is 0 Å². The van der Waals surface area contributed by atoms with E-state index in [9.17, 15) is 14.4 Å². The number of carbonyl (C=O) groups is 3. The van der Waals surface area contributed by atoms with Crippen LogP contribution >= 0.6 is 0 Å². The van der Waals surface area contributed by atoms with E-state index in [4.69, 9.17) is 14.2 Å². The van der Waals surface area contributed by atoms with Crippen molar-refractivity contribution in [2.75, 3.05) is 13.2 Å². The van der Waals surface area contributed by atoms with E-state index in [1.165, 1.54) is 167 Å². The molecule has 69 heavy (non-hydrogen) atoms. The Bertz CT molecular complexity index is 1250. The van der Waals surface area contributed by atoms with E-state index < -0.39 is 6.10 Å². The molecule has 0 aliphatic heterocycles. The van der Waals surface area contributed by atoms with Gasteiger partial charge >= 0.3 is 17.9 Å². The molecule has 0 aromatic carbocycles. The van der Waals surface area contributed by atoms with E-state index in [1.807, 2.05) is 0 Å². The van der Waals surface area contributed by atoms with Gasteiger partial charge in [-0.05, 0) is 83.5 Å². The summed E-state index contributed by atoms with van der Waals surface area (Å²) >= 11 is 0. The molecule has 0 aliphatic carbocycles.